The highest BCUT2D eigenvalue weighted by atomic mass is 32.2. The average molecular weight is 267 g/mol. The lowest BCUT2D eigenvalue weighted by Gasteiger charge is -2.07. The second-order valence-electron chi connectivity index (χ2n) is 2.69. The van der Waals surface area contributed by atoms with Gasteiger partial charge in [-0.3, -0.25) is 14.9 Å². The molecule has 17 heavy (non-hydrogen) atoms. The van der Waals surface area contributed by atoms with E-state index in [1.807, 2.05) is 0 Å². The van der Waals surface area contributed by atoms with Crippen molar-refractivity contribution in [3.63, 3.8) is 0 Å². The maximum atomic E-state index is 10.1. The van der Waals surface area contributed by atoms with Gasteiger partial charge < -0.3 is 20.4 Å². The Morgan fingerprint density at radius 3 is 1.65 bits per heavy atom. The molecule has 2 amide bonds. The second kappa shape index (κ2) is 6.83. The molecule has 0 aromatic heterocycles. The summed E-state index contributed by atoms with van der Waals surface area (Å²) in [7, 11) is 0. The Hall–Kier alpha value is -1.65. The van der Waals surface area contributed by atoms with E-state index in [0.717, 1.165) is 11.8 Å². The number of rotatable bonds is 3. The van der Waals surface area contributed by atoms with Crippen LogP contribution in [0.1, 0.15) is 0 Å². The van der Waals surface area contributed by atoms with E-state index in [0.29, 0.717) is 5.75 Å². The van der Waals surface area contributed by atoms with Gasteiger partial charge >= 0.3 is 11.9 Å². The SMILES string of the molecule is O=C(O)C(O)C(O)C(=O)O.O=C1CSC(=O)N1. The van der Waals surface area contributed by atoms with Crippen LogP contribution in [0.15, 0.2) is 0 Å². The number of amides is 2. The van der Waals surface area contributed by atoms with Gasteiger partial charge in [-0.05, 0) is 0 Å². The summed E-state index contributed by atoms with van der Waals surface area (Å²) in [6.07, 6.45) is -4.53. The average Bonchev–Trinajstić information content (AvgIpc) is 2.60. The van der Waals surface area contributed by atoms with Gasteiger partial charge in [0.1, 0.15) is 0 Å². The molecule has 10 heteroatoms. The maximum Gasteiger partial charge on any atom is 0.335 e. The van der Waals surface area contributed by atoms with Crippen LogP contribution in [0.4, 0.5) is 4.79 Å². The molecule has 5 N–H and O–H groups in total. The van der Waals surface area contributed by atoms with Gasteiger partial charge in [0.15, 0.2) is 12.2 Å². The molecule has 1 heterocycles. The zero-order valence-electron chi connectivity index (χ0n) is 8.19. The van der Waals surface area contributed by atoms with Crippen molar-refractivity contribution in [3.8, 4) is 0 Å². The van der Waals surface area contributed by atoms with Gasteiger partial charge in [-0.1, -0.05) is 11.8 Å². The van der Waals surface area contributed by atoms with E-state index in [1.165, 1.54) is 0 Å². The molecule has 2 unspecified atom stereocenters. The molecule has 1 aliphatic heterocycles. The van der Waals surface area contributed by atoms with Crippen molar-refractivity contribution >= 4 is 34.8 Å². The predicted molar refractivity (Wildman–Crippen MR) is 53.3 cm³/mol. The van der Waals surface area contributed by atoms with Crippen LogP contribution in [0.25, 0.3) is 0 Å². The first-order chi connectivity index (χ1) is 7.75. The number of aliphatic carboxylic acids is 2. The van der Waals surface area contributed by atoms with Gasteiger partial charge in [-0.25, -0.2) is 9.59 Å². The number of aliphatic hydroxyl groups excluding tert-OH is 2. The number of carboxylic acid groups (broad SMARTS) is 2. The standard InChI is InChI=1S/C4H6O6.C3H3NO2S/c5-1(3(7)8)2(6)4(9)10;5-2-1-7-3(6)4-2/h1-2,5-6H,(H,7,8)(H,9,10);1H2,(H,4,5,6). The Labute approximate surface area is 98.4 Å². The van der Waals surface area contributed by atoms with Crippen LogP contribution in [-0.2, 0) is 14.4 Å². The number of carbonyl (C=O) groups is 4. The number of nitrogens with one attached hydrogen (secondary N) is 1. The highest BCUT2D eigenvalue weighted by Crippen LogP contribution is 2.06. The minimum atomic E-state index is -2.27. The first-order valence-corrected chi connectivity index (χ1v) is 5.02. The van der Waals surface area contributed by atoms with Crippen molar-refractivity contribution in [2.24, 2.45) is 0 Å². The number of aliphatic hydroxyl groups is 2. The lowest BCUT2D eigenvalue weighted by atomic mass is 10.2. The Kier molecular flexibility index (Phi) is 6.17. The Bertz CT molecular complexity index is 311. The predicted octanol–water partition coefficient (Wildman–Crippen LogP) is -2.15. The molecule has 0 radical (unpaired) electrons. The van der Waals surface area contributed by atoms with Gasteiger partial charge in [0.25, 0.3) is 5.24 Å². The van der Waals surface area contributed by atoms with E-state index >= 15 is 0 Å². The zero-order chi connectivity index (χ0) is 13.6. The van der Waals surface area contributed by atoms with Crippen LogP contribution >= 0.6 is 11.8 Å². The van der Waals surface area contributed by atoms with Crippen molar-refractivity contribution in [2.75, 3.05) is 5.75 Å². The van der Waals surface area contributed by atoms with Crippen molar-refractivity contribution in [2.45, 2.75) is 12.2 Å². The molecule has 0 aliphatic carbocycles. The van der Waals surface area contributed by atoms with E-state index in [9.17, 15) is 19.2 Å². The van der Waals surface area contributed by atoms with Gasteiger partial charge in [0, 0.05) is 0 Å². The van der Waals surface area contributed by atoms with Crippen molar-refractivity contribution in [1.29, 1.82) is 0 Å². The molecular weight excluding hydrogens is 258 g/mol. The third-order valence-electron chi connectivity index (χ3n) is 1.38. The van der Waals surface area contributed by atoms with E-state index in [-0.39, 0.29) is 11.1 Å². The smallest absolute Gasteiger partial charge is 0.335 e. The van der Waals surface area contributed by atoms with Crippen molar-refractivity contribution < 1.29 is 39.6 Å². The number of carbonyl (C=O) groups excluding carboxylic acids is 2. The molecule has 0 aromatic rings. The molecule has 0 saturated carbocycles. The molecule has 9 nitrogen and oxygen atoms in total. The van der Waals surface area contributed by atoms with E-state index < -0.39 is 24.1 Å². The van der Waals surface area contributed by atoms with Gasteiger partial charge in [-0.15, -0.1) is 0 Å². The number of carboxylic acids is 2. The molecule has 1 fully saturated rings. The summed E-state index contributed by atoms with van der Waals surface area (Å²) in [6.45, 7) is 0. The van der Waals surface area contributed by atoms with Crippen LogP contribution in [0.2, 0.25) is 0 Å². The molecule has 2 atom stereocenters. The summed E-state index contributed by atoms with van der Waals surface area (Å²) < 4.78 is 0. The molecular formula is C7H9NO8S. The fraction of sp³-hybridized carbons (Fsp3) is 0.429. The topological polar surface area (TPSA) is 161 Å². The number of thioether (sulfide) groups is 1. The molecule has 96 valence electrons. The monoisotopic (exact) mass is 267 g/mol. The van der Waals surface area contributed by atoms with Crippen molar-refractivity contribution in [1.82, 2.24) is 5.32 Å². The van der Waals surface area contributed by atoms with Crippen LogP contribution < -0.4 is 5.32 Å². The number of imide groups is 1. The third-order valence-corrected chi connectivity index (χ3v) is 2.15. The normalized spacial score (nSPS) is 17.5. The minimum Gasteiger partial charge on any atom is -0.479 e. The van der Waals surface area contributed by atoms with Crippen LogP contribution in [0.5, 0.6) is 0 Å². The van der Waals surface area contributed by atoms with E-state index in [1.54, 1.807) is 0 Å². The maximum absolute atomic E-state index is 10.1. The van der Waals surface area contributed by atoms with E-state index in [4.69, 9.17) is 20.4 Å². The Morgan fingerprint density at radius 1 is 1.12 bits per heavy atom. The van der Waals surface area contributed by atoms with Gasteiger partial charge in [-0.2, -0.15) is 0 Å². The van der Waals surface area contributed by atoms with Crippen LogP contribution in [-0.4, -0.2) is 61.5 Å². The summed E-state index contributed by atoms with van der Waals surface area (Å²) in [4.78, 5) is 39.7. The lowest BCUT2D eigenvalue weighted by Crippen LogP contribution is -2.39. The fourth-order valence-corrected chi connectivity index (χ4v) is 1.11. The fourth-order valence-electron chi connectivity index (χ4n) is 0.587. The number of hydrogen-bond acceptors (Lipinski definition) is 7. The highest BCUT2D eigenvalue weighted by molar-refractivity contribution is 8.14. The van der Waals surface area contributed by atoms with E-state index in [2.05, 4.69) is 5.32 Å². The molecule has 1 aliphatic rings. The zero-order valence-corrected chi connectivity index (χ0v) is 9.01. The molecule has 1 saturated heterocycles. The van der Waals surface area contributed by atoms with Gasteiger partial charge in [0.2, 0.25) is 5.91 Å². The summed E-state index contributed by atoms with van der Waals surface area (Å²) in [5.74, 6) is -3.43. The summed E-state index contributed by atoms with van der Waals surface area (Å²) in [5.41, 5.74) is 0. The van der Waals surface area contributed by atoms with Crippen molar-refractivity contribution in [3.05, 3.63) is 0 Å². The van der Waals surface area contributed by atoms with Gasteiger partial charge in [0.05, 0.1) is 5.75 Å². The second-order valence-corrected chi connectivity index (χ2v) is 3.64. The number of hydrogen-bond donors (Lipinski definition) is 5. The largest absolute Gasteiger partial charge is 0.479 e. The minimum absolute atomic E-state index is 0.185. The molecule has 0 bridgehead atoms. The first-order valence-electron chi connectivity index (χ1n) is 4.04. The highest BCUT2D eigenvalue weighted by Gasteiger charge is 2.29. The Morgan fingerprint density at radius 2 is 1.53 bits per heavy atom. The third kappa shape index (κ3) is 5.85. The van der Waals surface area contributed by atoms with Crippen LogP contribution in [0.3, 0.4) is 0 Å². The summed E-state index contributed by atoms with van der Waals surface area (Å²) >= 11 is 1.01. The molecule has 0 spiro atoms. The summed E-state index contributed by atoms with van der Waals surface area (Å²) in [5, 5.41) is 34.4. The molecule has 0 aromatic carbocycles. The van der Waals surface area contributed by atoms with Crippen LogP contribution in [0, 0.1) is 0 Å². The lowest BCUT2D eigenvalue weighted by molar-refractivity contribution is -0.165. The Balaban J connectivity index is 0.000000318. The first kappa shape index (κ1) is 15.3. The molecule has 1 rings (SSSR count). The summed E-state index contributed by atoms with van der Waals surface area (Å²) in [6, 6.07) is 0. The quantitative estimate of drug-likeness (QED) is 0.383.